The lowest BCUT2D eigenvalue weighted by Gasteiger charge is -2.19. The molecule has 0 spiro atoms. The molecule has 20 heavy (non-hydrogen) atoms. The van der Waals surface area contributed by atoms with Crippen molar-refractivity contribution in [2.45, 2.75) is 26.3 Å². The molecule has 0 radical (unpaired) electrons. The molecular formula is C15H19FN4. The Labute approximate surface area is 118 Å². The van der Waals surface area contributed by atoms with E-state index in [1.165, 1.54) is 12.1 Å². The Hall–Kier alpha value is -2.17. The summed E-state index contributed by atoms with van der Waals surface area (Å²) in [5.74, 6) is 1.73. The quantitative estimate of drug-likeness (QED) is 0.911. The lowest BCUT2D eigenvalue weighted by Crippen LogP contribution is -2.19. The van der Waals surface area contributed by atoms with Gasteiger partial charge in [-0.3, -0.25) is 0 Å². The molecule has 0 bridgehead atoms. The van der Waals surface area contributed by atoms with E-state index in [-0.39, 0.29) is 5.82 Å². The molecule has 0 aliphatic carbocycles. The molecule has 5 heteroatoms. The molecule has 0 saturated heterocycles. The lowest BCUT2D eigenvalue weighted by molar-refractivity contribution is 0.625. The number of nitrogens with two attached hydrogens (primary N) is 1. The average molecular weight is 274 g/mol. The van der Waals surface area contributed by atoms with Crippen LogP contribution in [0.1, 0.15) is 24.7 Å². The van der Waals surface area contributed by atoms with Crippen molar-refractivity contribution in [2.24, 2.45) is 0 Å². The van der Waals surface area contributed by atoms with Gasteiger partial charge in [0.05, 0.1) is 0 Å². The van der Waals surface area contributed by atoms with Gasteiger partial charge in [-0.05, 0) is 24.1 Å². The first-order valence-electron chi connectivity index (χ1n) is 6.67. The zero-order valence-corrected chi connectivity index (χ0v) is 11.8. The molecule has 0 aliphatic heterocycles. The highest BCUT2D eigenvalue weighted by Crippen LogP contribution is 2.16. The molecule has 0 amide bonds. The van der Waals surface area contributed by atoms with Crippen molar-refractivity contribution in [3.63, 3.8) is 0 Å². The van der Waals surface area contributed by atoms with E-state index < -0.39 is 0 Å². The number of hydrogen-bond donors (Lipinski definition) is 1. The SMILES string of the molecule is CCCc1nc(N)cc(N(C)Cc2cccc(F)c2)n1. The average Bonchev–Trinajstić information content (AvgIpc) is 2.38. The maximum absolute atomic E-state index is 13.2. The first-order chi connectivity index (χ1) is 9.58. The summed E-state index contributed by atoms with van der Waals surface area (Å²) in [7, 11) is 1.91. The second-order valence-corrected chi connectivity index (χ2v) is 4.80. The van der Waals surface area contributed by atoms with Crippen LogP contribution in [0.4, 0.5) is 16.0 Å². The Bertz CT molecular complexity index is 586. The van der Waals surface area contributed by atoms with Gasteiger partial charge in [-0.2, -0.15) is 0 Å². The third-order valence-corrected chi connectivity index (χ3v) is 2.95. The molecule has 2 N–H and O–H groups in total. The highest BCUT2D eigenvalue weighted by molar-refractivity contribution is 5.47. The van der Waals surface area contributed by atoms with Crippen molar-refractivity contribution in [2.75, 3.05) is 17.7 Å². The first kappa shape index (κ1) is 14.2. The van der Waals surface area contributed by atoms with Crippen LogP contribution in [0, 0.1) is 5.82 Å². The summed E-state index contributed by atoms with van der Waals surface area (Å²) >= 11 is 0. The van der Waals surface area contributed by atoms with Gasteiger partial charge in [-0.15, -0.1) is 0 Å². The summed E-state index contributed by atoms with van der Waals surface area (Å²) in [6.07, 6.45) is 1.77. The number of nitrogens with zero attached hydrogens (tertiary/aromatic N) is 3. The molecule has 1 aromatic carbocycles. The van der Waals surface area contributed by atoms with Gasteiger partial charge in [0.25, 0.3) is 0 Å². The molecule has 0 aliphatic rings. The van der Waals surface area contributed by atoms with Gasteiger partial charge in [-0.1, -0.05) is 19.1 Å². The fraction of sp³-hybridized carbons (Fsp3) is 0.333. The van der Waals surface area contributed by atoms with Crippen LogP contribution in [0.5, 0.6) is 0 Å². The van der Waals surface area contributed by atoms with E-state index in [4.69, 9.17) is 5.73 Å². The van der Waals surface area contributed by atoms with Gasteiger partial charge in [0.2, 0.25) is 0 Å². The summed E-state index contributed by atoms with van der Waals surface area (Å²) in [5.41, 5.74) is 6.70. The minimum Gasteiger partial charge on any atom is -0.384 e. The van der Waals surface area contributed by atoms with Gasteiger partial charge in [0, 0.05) is 26.1 Å². The summed E-state index contributed by atoms with van der Waals surface area (Å²) in [4.78, 5) is 10.6. The van der Waals surface area contributed by atoms with Crippen molar-refractivity contribution in [1.29, 1.82) is 0 Å². The van der Waals surface area contributed by atoms with Crippen molar-refractivity contribution < 1.29 is 4.39 Å². The van der Waals surface area contributed by atoms with Crippen molar-refractivity contribution in [1.82, 2.24) is 9.97 Å². The predicted octanol–water partition coefficient (Wildman–Crippen LogP) is 2.79. The molecule has 4 nitrogen and oxygen atoms in total. The van der Waals surface area contributed by atoms with Crippen LogP contribution in [0.25, 0.3) is 0 Å². The molecule has 0 saturated carbocycles. The molecular weight excluding hydrogens is 255 g/mol. The van der Waals surface area contributed by atoms with E-state index in [1.54, 1.807) is 12.1 Å². The maximum atomic E-state index is 13.2. The normalized spacial score (nSPS) is 10.6. The fourth-order valence-electron chi connectivity index (χ4n) is 2.02. The van der Waals surface area contributed by atoms with Gasteiger partial charge < -0.3 is 10.6 Å². The number of halogens is 1. The zero-order chi connectivity index (χ0) is 14.5. The zero-order valence-electron chi connectivity index (χ0n) is 11.8. The number of rotatable bonds is 5. The number of aryl methyl sites for hydroxylation is 1. The van der Waals surface area contributed by atoms with Gasteiger partial charge in [0.1, 0.15) is 23.3 Å². The van der Waals surface area contributed by atoms with Gasteiger partial charge >= 0.3 is 0 Å². The highest BCUT2D eigenvalue weighted by Gasteiger charge is 2.08. The molecule has 106 valence electrons. The molecule has 2 aromatic rings. The number of benzene rings is 1. The topological polar surface area (TPSA) is 55.0 Å². The second-order valence-electron chi connectivity index (χ2n) is 4.80. The van der Waals surface area contributed by atoms with E-state index in [0.717, 1.165) is 30.0 Å². The van der Waals surface area contributed by atoms with Crippen LogP contribution in [0.15, 0.2) is 30.3 Å². The van der Waals surface area contributed by atoms with Gasteiger partial charge in [-0.25, -0.2) is 14.4 Å². The Kier molecular flexibility index (Phi) is 4.50. The van der Waals surface area contributed by atoms with E-state index in [9.17, 15) is 4.39 Å². The van der Waals surface area contributed by atoms with E-state index >= 15 is 0 Å². The standard InChI is InChI=1S/C15H19FN4/c1-3-5-14-18-13(17)9-15(19-14)20(2)10-11-6-4-7-12(16)8-11/h4,6-9H,3,5,10H2,1-2H3,(H2,17,18,19). The molecule has 0 atom stereocenters. The largest absolute Gasteiger partial charge is 0.384 e. The molecule has 0 fully saturated rings. The van der Waals surface area contributed by atoms with Crippen LogP contribution >= 0.6 is 0 Å². The Morgan fingerprint density at radius 3 is 2.75 bits per heavy atom. The van der Waals surface area contributed by atoms with Crippen LogP contribution < -0.4 is 10.6 Å². The second kappa shape index (κ2) is 6.32. The summed E-state index contributed by atoms with van der Waals surface area (Å²) in [5, 5.41) is 0. The molecule has 0 unspecified atom stereocenters. The van der Waals surface area contributed by atoms with Crippen LogP contribution in [0.3, 0.4) is 0 Å². The third-order valence-electron chi connectivity index (χ3n) is 2.95. The van der Waals surface area contributed by atoms with Gasteiger partial charge in [0.15, 0.2) is 0 Å². The molecule has 1 aromatic heterocycles. The summed E-state index contributed by atoms with van der Waals surface area (Å²) < 4.78 is 13.2. The number of anilines is 2. The molecule has 1 heterocycles. The number of hydrogen-bond acceptors (Lipinski definition) is 4. The van der Waals surface area contributed by atoms with E-state index in [1.807, 2.05) is 18.0 Å². The van der Waals surface area contributed by atoms with Crippen molar-refractivity contribution in [3.05, 3.63) is 47.5 Å². The van der Waals surface area contributed by atoms with Crippen molar-refractivity contribution >= 4 is 11.6 Å². The highest BCUT2D eigenvalue weighted by atomic mass is 19.1. The Morgan fingerprint density at radius 2 is 2.05 bits per heavy atom. The minimum atomic E-state index is -0.232. The Balaban J connectivity index is 2.18. The van der Waals surface area contributed by atoms with E-state index in [0.29, 0.717) is 12.4 Å². The number of aromatic nitrogens is 2. The Morgan fingerprint density at radius 1 is 1.25 bits per heavy atom. The van der Waals surface area contributed by atoms with Crippen LogP contribution in [0.2, 0.25) is 0 Å². The predicted molar refractivity (Wildman–Crippen MR) is 78.9 cm³/mol. The minimum absolute atomic E-state index is 0.232. The van der Waals surface area contributed by atoms with Crippen LogP contribution in [-0.4, -0.2) is 17.0 Å². The summed E-state index contributed by atoms with van der Waals surface area (Å²) in [6, 6.07) is 8.28. The van der Waals surface area contributed by atoms with Crippen molar-refractivity contribution in [3.8, 4) is 0 Å². The number of nitrogen functional groups attached to an aromatic ring is 1. The van der Waals surface area contributed by atoms with E-state index in [2.05, 4.69) is 16.9 Å². The maximum Gasteiger partial charge on any atom is 0.134 e. The lowest BCUT2D eigenvalue weighted by atomic mass is 10.2. The third kappa shape index (κ3) is 3.66. The fourth-order valence-corrected chi connectivity index (χ4v) is 2.02. The smallest absolute Gasteiger partial charge is 0.134 e. The monoisotopic (exact) mass is 274 g/mol. The molecule has 2 rings (SSSR count). The first-order valence-corrected chi connectivity index (χ1v) is 6.67. The summed E-state index contributed by atoms with van der Waals surface area (Å²) in [6.45, 7) is 2.64. The van der Waals surface area contributed by atoms with Crippen LogP contribution in [-0.2, 0) is 13.0 Å².